The van der Waals surface area contributed by atoms with E-state index in [0.29, 0.717) is 11.1 Å². The van der Waals surface area contributed by atoms with Crippen molar-refractivity contribution in [1.29, 1.82) is 0 Å². The van der Waals surface area contributed by atoms with Crippen LogP contribution in [0.1, 0.15) is 0 Å². The lowest BCUT2D eigenvalue weighted by Crippen LogP contribution is -2.03. The monoisotopic (exact) mass is 239 g/mol. The smallest absolute Gasteiger partial charge is 0.387 e. The number of pyridine rings is 1. The molecule has 0 radical (unpaired) electrons. The molecule has 88 valence electrons. The summed E-state index contributed by atoms with van der Waals surface area (Å²) < 4.78 is 41.3. The normalized spacial score (nSPS) is 10.6. The number of rotatable bonds is 3. The zero-order valence-corrected chi connectivity index (χ0v) is 8.61. The van der Waals surface area contributed by atoms with Crippen LogP contribution >= 0.6 is 0 Å². The molecule has 1 aromatic heterocycles. The van der Waals surface area contributed by atoms with E-state index in [0.717, 1.165) is 6.07 Å². The minimum Gasteiger partial charge on any atom is -0.432 e. The first-order valence-electron chi connectivity index (χ1n) is 4.81. The van der Waals surface area contributed by atoms with Crippen molar-refractivity contribution >= 4 is 0 Å². The number of halogens is 3. The van der Waals surface area contributed by atoms with E-state index in [1.165, 1.54) is 12.1 Å². The molecule has 0 unspecified atom stereocenters. The Labute approximate surface area is 95.7 Å². The Hall–Kier alpha value is -2.04. The van der Waals surface area contributed by atoms with Gasteiger partial charge in [-0.1, -0.05) is 12.1 Å². The number of ether oxygens (including phenoxy) is 1. The maximum atomic E-state index is 13.2. The molecule has 0 saturated carbocycles. The van der Waals surface area contributed by atoms with Crippen LogP contribution in [0.2, 0.25) is 0 Å². The van der Waals surface area contributed by atoms with Crippen molar-refractivity contribution in [3.8, 4) is 16.9 Å². The minimum atomic E-state index is -3.05. The van der Waals surface area contributed by atoms with Gasteiger partial charge in [0.2, 0.25) is 0 Å². The van der Waals surface area contributed by atoms with E-state index in [-0.39, 0.29) is 0 Å². The van der Waals surface area contributed by atoms with Crippen LogP contribution in [-0.4, -0.2) is 11.6 Å². The van der Waals surface area contributed by atoms with Crippen LogP contribution in [0.3, 0.4) is 0 Å². The molecule has 2 aromatic rings. The van der Waals surface area contributed by atoms with Crippen molar-refractivity contribution in [2.45, 2.75) is 6.61 Å². The lowest BCUT2D eigenvalue weighted by atomic mass is 10.1. The maximum absolute atomic E-state index is 13.2. The topological polar surface area (TPSA) is 22.1 Å². The number of benzene rings is 1. The second-order valence-electron chi connectivity index (χ2n) is 3.27. The maximum Gasteiger partial charge on any atom is 0.387 e. The molecule has 2 rings (SSSR count). The summed E-state index contributed by atoms with van der Waals surface area (Å²) in [6.07, 6.45) is 3.14. The lowest BCUT2D eigenvalue weighted by molar-refractivity contribution is -0.0521. The Kier molecular flexibility index (Phi) is 3.27. The van der Waals surface area contributed by atoms with E-state index >= 15 is 0 Å². The van der Waals surface area contributed by atoms with Gasteiger partial charge in [0.25, 0.3) is 0 Å². The van der Waals surface area contributed by atoms with Crippen LogP contribution in [0.15, 0.2) is 42.7 Å². The van der Waals surface area contributed by atoms with E-state index in [1.54, 1.807) is 24.5 Å². The van der Waals surface area contributed by atoms with E-state index in [1.807, 2.05) is 0 Å². The van der Waals surface area contributed by atoms with Gasteiger partial charge in [-0.3, -0.25) is 4.98 Å². The Bertz CT molecular complexity index is 502. The van der Waals surface area contributed by atoms with Crippen molar-refractivity contribution in [1.82, 2.24) is 4.98 Å². The summed E-state index contributed by atoms with van der Waals surface area (Å²) in [5.41, 5.74) is 1.27. The molecule has 0 aliphatic carbocycles. The predicted octanol–water partition coefficient (Wildman–Crippen LogP) is 3.49. The molecular weight excluding hydrogens is 231 g/mol. The molecule has 0 atom stereocenters. The van der Waals surface area contributed by atoms with Crippen LogP contribution in [0.5, 0.6) is 5.75 Å². The zero-order chi connectivity index (χ0) is 12.3. The van der Waals surface area contributed by atoms with Crippen LogP contribution < -0.4 is 4.74 Å². The summed E-state index contributed by atoms with van der Waals surface area (Å²) in [5, 5.41) is 0. The number of alkyl halides is 2. The molecule has 0 aliphatic rings. The number of aromatic nitrogens is 1. The van der Waals surface area contributed by atoms with E-state index in [2.05, 4.69) is 9.72 Å². The van der Waals surface area contributed by atoms with Gasteiger partial charge in [0, 0.05) is 18.0 Å². The second kappa shape index (κ2) is 4.86. The molecule has 0 spiro atoms. The van der Waals surface area contributed by atoms with Crippen LogP contribution in [0.25, 0.3) is 11.1 Å². The summed E-state index contributed by atoms with van der Waals surface area (Å²) in [7, 11) is 0. The minimum absolute atomic E-state index is 0.471. The first-order chi connectivity index (χ1) is 8.16. The van der Waals surface area contributed by atoms with Gasteiger partial charge in [-0.25, -0.2) is 4.39 Å². The molecule has 0 aliphatic heterocycles. The molecule has 5 heteroatoms. The summed E-state index contributed by atoms with van der Waals surface area (Å²) in [6.45, 7) is -3.05. The van der Waals surface area contributed by atoms with Gasteiger partial charge in [0.05, 0.1) is 0 Å². The van der Waals surface area contributed by atoms with E-state index < -0.39 is 18.2 Å². The van der Waals surface area contributed by atoms with Crippen LogP contribution in [0.4, 0.5) is 13.2 Å². The van der Waals surface area contributed by atoms with E-state index in [9.17, 15) is 13.2 Å². The van der Waals surface area contributed by atoms with Gasteiger partial charge < -0.3 is 4.74 Å². The molecule has 2 nitrogen and oxygen atoms in total. The quantitative estimate of drug-likeness (QED) is 0.817. The highest BCUT2D eigenvalue weighted by atomic mass is 19.3. The number of nitrogens with zero attached hydrogens (tertiary/aromatic N) is 1. The van der Waals surface area contributed by atoms with Crippen LogP contribution in [0, 0.1) is 5.82 Å². The molecule has 1 heterocycles. The third-order valence-corrected chi connectivity index (χ3v) is 2.14. The zero-order valence-electron chi connectivity index (χ0n) is 8.61. The molecule has 1 aromatic carbocycles. The molecule has 0 amide bonds. The number of hydrogen-bond acceptors (Lipinski definition) is 2. The van der Waals surface area contributed by atoms with Crippen LogP contribution in [-0.2, 0) is 0 Å². The Balaban J connectivity index is 2.37. The van der Waals surface area contributed by atoms with Crippen molar-refractivity contribution < 1.29 is 17.9 Å². The largest absolute Gasteiger partial charge is 0.432 e. The average molecular weight is 239 g/mol. The highest BCUT2D eigenvalue weighted by Crippen LogP contribution is 2.26. The summed E-state index contributed by atoms with van der Waals surface area (Å²) in [4.78, 5) is 3.89. The summed E-state index contributed by atoms with van der Waals surface area (Å²) in [5.74, 6) is -1.29. The number of hydrogen-bond donors (Lipinski definition) is 0. The molecule has 0 N–H and O–H groups in total. The molecule has 0 bridgehead atoms. The Morgan fingerprint density at radius 1 is 1.12 bits per heavy atom. The fourth-order valence-corrected chi connectivity index (χ4v) is 1.40. The second-order valence-corrected chi connectivity index (χ2v) is 3.27. The Morgan fingerprint density at radius 2 is 1.94 bits per heavy atom. The van der Waals surface area contributed by atoms with Gasteiger partial charge in [-0.15, -0.1) is 0 Å². The molecular formula is C12H8F3NO. The molecule has 0 fully saturated rings. The Morgan fingerprint density at radius 3 is 2.59 bits per heavy atom. The van der Waals surface area contributed by atoms with Gasteiger partial charge in [-0.2, -0.15) is 8.78 Å². The van der Waals surface area contributed by atoms with E-state index in [4.69, 9.17) is 0 Å². The molecule has 0 saturated heterocycles. The first kappa shape index (κ1) is 11.4. The van der Waals surface area contributed by atoms with Crippen molar-refractivity contribution in [3.63, 3.8) is 0 Å². The summed E-state index contributed by atoms with van der Waals surface area (Å²) in [6, 6.07) is 7.22. The average Bonchev–Trinajstić information content (AvgIpc) is 2.32. The van der Waals surface area contributed by atoms with Gasteiger partial charge in [-0.05, 0) is 23.8 Å². The van der Waals surface area contributed by atoms with Gasteiger partial charge in [0.1, 0.15) is 0 Å². The lowest BCUT2D eigenvalue weighted by Gasteiger charge is -2.07. The standard InChI is InChI=1S/C12H8F3NO/c13-10-4-3-8(6-11(10)17-12(14)15)9-2-1-5-16-7-9/h1-7,12H. The van der Waals surface area contributed by atoms with Gasteiger partial charge >= 0.3 is 6.61 Å². The highest BCUT2D eigenvalue weighted by molar-refractivity contribution is 5.64. The summed E-state index contributed by atoms with van der Waals surface area (Å²) >= 11 is 0. The van der Waals surface area contributed by atoms with Gasteiger partial charge in [0.15, 0.2) is 11.6 Å². The van der Waals surface area contributed by atoms with Crippen molar-refractivity contribution in [3.05, 3.63) is 48.5 Å². The fraction of sp³-hybridized carbons (Fsp3) is 0.0833. The SMILES string of the molecule is Fc1ccc(-c2cccnc2)cc1OC(F)F. The highest BCUT2D eigenvalue weighted by Gasteiger charge is 2.11. The third kappa shape index (κ3) is 2.75. The van der Waals surface area contributed by atoms with Crippen molar-refractivity contribution in [2.24, 2.45) is 0 Å². The van der Waals surface area contributed by atoms with Crippen molar-refractivity contribution in [2.75, 3.05) is 0 Å². The third-order valence-electron chi connectivity index (χ3n) is 2.14. The first-order valence-corrected chi connectivity index (χ1v) is 4.81. The molecule has 17 heavy (non-hydrogen) atoms. The predicted molar refractivity (Wildman–Crippen MR) is 56.3 cm³/mol. The fourth-order valence-electron chi connectivity index (χ4n) is 1.40.